The molecule has 0 saturated heterocycles. The van der Waals surface area contributed by atoms with Crippen molar-refractivity contribution in [1.82, 2.24) is 4.98 Å². The van der Waals surface area contributed by atoms with Crippen LogP contribution >= 0.6 is 0 Å². The fraction of sp³-hybridized carbons (Fsp3) is 0.308. The average Bonchev–Trinajstić information content (AvgIpc) is 2.95. The third kappa shape index (κ3) is 4.44. The smallest absolute Gasteiger partial charge is 0.248 e. The van der Waals surface area contributed by atoms with E-state index in [9.17, 15) is 14.7 Å². The number of hydrogen-bond acceptors (Lipinski definition) is 6. The quantitative estimate of drug-likeness (QED) is 0.440. The lowest BCUT2D eigenvalue weighted by atomic mass is 10.00. The molecule has 7 nitrogen and oxygen atoms in total. The first-order valence-electron chi connectivity index (χ1n) is 10.9. The van der Waals surface area contributed by atoms with Gasteiger partial charge < -0.3 is 24.0 Å². The predicted octanol–water partition coefficient (Wildman–Crippen LogP) is 4.61. The molecule has 2 N–H and O–H groups in total. The number of ether oxygens (including phenoxy) is 2. The summed E-state index contributed by atoms with van der Waals surface area (Å²) in [4.78, 5) is 26.0. The van der Waals surface area contributed by atoms with E-state index in [0.29, 0.717) is 47.4 Å². The van der Waals surface area contributed by atoms with E-state index in [1.54, 1.807) is 26.2 Å². The monoisotopic (exact) mass is 449 g/mol. The molecule has 0 fully saturated rings. The highest BCUT2D eigenvalue weighted by Gasteiger charge is 2.21. The van der Waals surface area contributed by atoms with Crippen LogP contribution in [0.5, 0.6) is 17.2 Å². The zero-order chi connectivity index (χ0) is 23.7. The number of fused-ring (bicyclic) bond motifs is 3. The van der Waals surface area contributed by atoms with Crippen LogP contribution in [0.4, 0.5) is 0 Å². The lowest BCUT2D eigenvalue weighted by Gasteiger charge is -2.11. The zero-order valence-electron chi connectivity index (χ0n) is 19.2. The normalized spacial score (nSPS) is 15.2. The third-order valence-corrected chi connectivity index (χ3v) is 5.86. The van der Waals surface area contributed by atoms with Crippen molar-refractivity contribution in [1.29, 1.82) is 0 Å². The summed E-state index contributed by atoms with van der Waals surface area (Å²) in [5.41, 5.74) is 2.52. The van der Waals surface area contributed by atoms with Gasteiger partial charge in [-0.1, -0.05) is 19.1 Å². The summed E-state index contributed by atoms with van der Waals surface area (Å²) in [5, 5.41) is 11.6. The Morgan fingerprint density at radius 2 is 1.94 bits per heavy atom. The first-order valence-corrected chi connectivity index (χ1v) is 10.9. The number of rotatable bonds is 1. The minimum atomic E-state index is -0.212. The Balaban J connectivity index is 0.000000165. The summed E-state index contributed by atoms with van der Waals surface area (Å²) in [5.74, 6) is 2.29. The van der Waals surface area contributed by atoms with Gasteiger partial charge in [-0.05, 0) is 44.2 Å². The number of phenols is 1. The first-order chi connectivity index (χ1) is 15.8. The second kappa shape index (κ2) is 9.02. The highest BCUT2D eigenvalue weighted by molar-refractivity contribution is 5.87. The van der Waals surface area contributed by atoms with E-state index < -0.39 is 0 Å². The van der Waals surface area contributed by atoms with Gasteiger partial charge >= 0.3 is 0 Å². The van der Waals surface area contributed by atoms with Gasteiger partial charge in [-0.3, -0.25) is 9.59 Å². The van der Waals surface area contributed by atoms with Crippen LogP contribution in [0.15, 0.2) is 50.4 Å². The molecule has 0 bridgehead atoms. The molecule has 1 unspecified atom stereocenters. The lowest BCUT2D eigenvalue weighted by molar-refractivity contribution is 0.265. The number of aryl methyl sites for hydroxylation is 2. The average molecular weight is 450 g/mol. The largest absolute Gasteiger partial charge is 0.507 e. The summed E-state index contributed by atoms with van der Waals surface area (Å²) >= 11 is 0. The Morgan fingerprint density at radius 3 is 2.70 bits per heavy atom. The van der Waals surface area contributed by atoms with Crippen LogP contribution in [0.25, 0.3) is 21.9 Å². The van der Waals surface area contributed by atoms with Gasteiger partial charge in [-0.15, -0.1) is 0 Å². The first kappa shape index (κ1) is 22.5. The van der Waals surface area contributed by atoms with E-state index in [0.717, 1.165) is 22.9 Å². The number of hydrogen-bond donors (Lipinski definition) is 2. The molecule has 2 aromatic carbocycles. The molecule has 1 aliphatic rings. The van der Waals surface area contributed by atoms with Gasteiger partial charge in [0.2, 0.25) is 5.56 Å². The topological polar surface area (TPSA) is 102 Å². The predicted molar refractivity (Wildman–Crippen MR) is 128 cm³/mol. The Hall–Kier alpha value is -3.74. The second-order valence-electron chi connectivity index (χ2n) is 8.45. The standard InChI is InChI=1S/C15H16O4.C11H11NO2/c1-8-3-4-10-12(18-7-8)6-13-14(15(10)17)11(16)5-9(2)19-13;1-7-6-10(13)12-11-8(7)4-3-5-9(11)14-2/h5-6,8,17H,3-4,7H2,1-2H3;3-6H,1-2H3,(H,12,13). The fourth-order valence-corrected chi connectivity index (χ4v) is 4.11. The van der Waals surface area contributed by atoms with Crippen molar-refractivity contribution in [3.05, 3.63) is 73.9 Å². The van der Waals surface area contributed by atoms with E-state index in [4.69, 9.17) is 13.9 Å². The van der Waals surface area contributed by atoms with Crippen molar-refractivity contribution in [2.45, 2.75) is 33.6 Å². The molecule has 1 aliphatic heterocycles. The van der Waals surface area contributed by atoms with E-state index >= 15 is 0 Å². The number of benzene rings is 2. The minimum absolute atomic E-state index is 0.00958. The molecule has 0 aliphatic carbocycles. The van der Waals surface area contributed by atoms with Crippen LogP contribution in [-0.4, -0.2) is 23.8 Å². The Bertz CT molecular complexity index is 1450. The van der Waals surface area contributed by atoms with Crippen molar-refractivity contribution in [3.63, 3.8) is 0 Å². The molecule has 1 atom stereocenters. The van der Waals surface area contributed by atoms with E-state index in [1.165, 1.54) is 6.07 Å². The van der Waals surface area contributed by atoms with Crippen molar-refractivity contribution < 1.29 is 19.0 Å². The van der Waals surface area contributed by atoms with Gasteiger partial charge in [0.1, 0.15) is 34.0 Å². The Morgan fingerprint density at radius 1 is 1.15 bits per heavy atom. The summed E-state index contributed by atoms with van der Waals surface area (Å²) in [6.45, 7) is 6.35. The molecule has 0 spiro atoms. The zero-order valence-corrected chi connectivity index (χ0v) is 19.2. The number of aromatic hydroxyl groups is 1. The van der Waals surface area contributed by atoms with Crippen LogP contribution in [0, 0.1) is 19.8 Å². The Kier molecular flexibility index (Phi) is 6.14. The van der Waals surface area contributed by atoms with Gasteiger partial charge in [0.05, 0.1) is 19.2 Å². The van der Waals surface area contributed by atoms with Crippen molar-refractivity contribution in [3.8, 4) is 17.2 Å². The van der Waals surface area contributed by atoms with E-state index in [1.807, 2.05) is 25.1 Å². The van der Waals surface area contributed by atoms with Crippen LogP contribution < -0.4 is 20.5 Å². The molecule has 4 aromatic rings. The molecular formula is C26H27NO6. The summed E-state index contributed by atoms with van der Waals surface area (Å²) in [6.07, 6.45) is 1.65. The molecule has 7 heteroatoms. The maximum Gasteiger partial charge on any atom is 0.248 e. The summed E-state index contributed by atoms with van der Waals surface area (Å²) < 4.78 is 16.4. The lowest BCUT2D eigenvalue weighted by Crippen LogP contribution is -2.05. The van der Waals surface area contributed by atoms with Gasteiger partial charge in [0.25, 0.3) is 0 Å². The highest BCUT2D eigenvalue weighted by Crippen LogP contribution is 2.38. The molecule has 33 heavy (non-hydrogen) atoms. The Labute approximate surface area is 190 Å². The number of phenolic OH excluding ortho intramolecular Hbond substituents is 1. The molecule has 2 aromatic heterocycles. The number of H-pyrrole nitrogens is 1. The summed E-state index contributed by atoms with van der Waals surface area (Å²) in [7, 11) is 1.59. The third-order valence-electron chi connectivity index (χ3n) is 5.86. The number of aromatic nitrogens is 1. The van der Waals surface area contributed by atoms with Crippen LogP contribution in [-0.2, 0) is 6.42 Å². The molecule has 3 heterocycles. The molecular weight excluding hydrogens is 422 g/mol. The molecule has 0 radical (unpaired) electrons. The second-order valence-corrected chi connectivity index (χ2v) is 8.45. The van der Waals surface area contributed by atoms with Gasteiger partial charge in [-0.25, -0.2) is 0 Å². The maximum atomic E-state index is 12.0. The van der Waals surface area contributed by atoms with Crippen LogP contribution in [0.1, 0.15) is 30.2 Å². The van der Waals surface area contributed by atoms with Crippen molar-refractivity contribution >= 4 is 21.9 Å². The van der Waals surface area contributed by atoms with E-state index in [-0.39, 0.29) is 22.1 Å². The van der Waals surface area contributed by atoms with Crippen molar-refractivity contribution in [2.24, 2.45) is 5.92 Å². The number of aromatic amines is 1. The van der Waals surface area contributed by atoms with Crippen LogP contribution in [0.3, 0.4) is 0 Å². The number of methoxy groups -OCH3 is 1. The highest BCUT2D eigenvalue weighted by atomic mass is 16.5. The molecule has 0 amide bonds. The summed E-state index contributed by atoms with van der Waals surface area (Å²) in [6, 6.07) is 10.4. The maximum absolute atomic E-state index is 12.0. The van der Waals surface area contributed by atoms with E-state index in [2.05, 4.69) is 11.9 Å². The fourth-order valence-electron chi connectivity index (χ4n) is 4.11. The molecule has 0 saturated carbocycles. The minimum Gasteiger partial charge on any atom is -0.507 e. The van der Waals surface area contributed by atoms with Gasteiger partial charge in [0.15, 0.2) is 5.43 Å². The number of nitrogens with one attached hydrogen (secondary N) is 1. The molecule has 5 rings (SSSR count). The van der Waals surface area contributed by atoms with Crippen molar-refractivity contribution in [2.75, 3.05) is 13.7 Å². The SMILES string of the molecule is COc1cccc2c(C)cc(=O)[nH]c12.Cc1cc(=O)c2c(O)c3c(cc2o1)OCC(C)CC3. The van der Waals surface area contributed by atoms with Gasteiger partial charge in [-0.2, -0.15) is 0 Å². The number of pyridine rings is 1. The van der Waals surface area contributed by atoms with Crippen LogP contribution in [0.2, 0.25) is 0 Å². The number of para-hydroxylation sites is 1. The van der Waals surface area contributed by atoms with Gasteiger partial charge in [0, 0.05) is 29.1 Å². The molecule has 172 valence electrons.